The summed E-state index contributed by atoms with van der Waals surface area (Å²) in [7, 11) is 0. The van der Waals surface area contributed by atoms with Crippen LogP contribution in [-0.4, -0.2) is 27.9 Å². The molecule has 0 bridgehead atoms. The zero-order valence-corrected chi connectivity index (χ0v) is 17.2. The first-order valence-corrected chi connectivity index (χ1v) is 9.99. The highest BCUT2D eigenvalue weighted by molar-refractivity contribution is 5.95. The lowest BCUT2D eigenvalue weighted by atomic mass is 10.1. The number of oxime groups is 1. The number of hydrogen-bond acceptors (Lipinski definition) is 5. The van der Waals surface area contributed by atoms with Crippen molar-refractivity contribution in [2.24, 2.45) is 10.3 Å². The molecule has 158 valence electrons. The third-order valence-corrected chi connectivity index (χ3v) is 4.57. The highest BCUT2D eigenvalue weighted by atomic mass is 16.6. The van der Waals surface area contributed by atoms with Crippen LogP contribution in [0.25, 0.3) is 5.69 Å². The molecule has 7 heteroatoms. The van der Waals surface area contributed by atoms with Gasteiger partial charge in [0.2, 0.25) is 0 Å². The van der Waals surface area contributed by atoms with Crippen molar-refractivity contribution < 1.29 is 9.63 Å². The van der Waals surface area contributed by atoms with Crippen molar-refractivity contribution >= 4 is 18.3 Å². The van der Waals surface area contributed by atoms with Crippen molar-refractivity contribution in [3.05, 3.63) is 120 Å². The van der Waals surface area contributed by atoms with E-state index < -0.39 is 0 Å². The molecule has 0 saturated heterocycles. The molecule has 0 aliphatic heterocycles. The molecule has 0 fully saturated rings. The van der Waals surface area contributed by atoms with E-state index in [1.807, 2.05) is 77.5 Å². The van der Waals surface area contributed by atoms with Crippen LogP contribution in [-0.2, 0) is 11.4 Å². The Morgan fingerprint density at radius 2 is 1.75 bits per heavy atom. The van der Waals surface area contributed by atoms with E-state index in [2.05, 4.69) is 20.7 Å². The van der Waals surface area contributed by atoms with Gasteiger partial charge in [-0.1, -0.05) is 53.7 Å². The molecule has 1 amide bonds. The average Bonchev–Trinajstić information content (AvgIpc) is 3.38. The molecule has 0 radical (unpaired) electrons. The summed E-state index contributed by atoms with van der Waals surface area (Å²) in [5.41, 5.74) is 6.73. The minimum absolute atomic E-state index is 0.287. The number of aromatic nitrogens is 2. The van der Waals surface area contributed by atoms with Gasteiger partial charge in [0.25, 0.3) is 5.91 Å². The Morgan fingerprint density at radius 1 is 0.969 bits per heavy atom. The fourth-order valence-electron chi connectivity index (χ4n) is 2.93. The SMILES string of the molecule is O=C(N/N=C/c1cccc(/C=N/OCc2ccccc2)c1)c1ccc(-n2ccnc2)cc1. The molecule has 0 atom stereocenters. The van der Waals surface area contributed by atoms with Gasteiger partial charge in [-0.3, -0.25) is 4.79 Å². The molecule has 1 N–H and O–H groups in total. The van der Waals surface area contributed by atoms with Crippen molar-refractivity contribution in [2.75, 3.05) is 0 Å². The molecular weight excluding hydrogens is 402 g/mol. The first kappa shape index (κ1) is 20.7. The summed E-state index contributed by atoms with van der Waals surface area (Å²) in [6, 6.07) is 24.6. The Kier molecular flexibility index (Phi) is 6.80. The summed E-state index contributed by atoms with van der Waals surface area (Å²) in [5, 5.41) is 8.06. The zero-order chi connectivity index (χ0) is 22.0. The van der Waals surface area contributed by atoms with E-state index in [1.54, 1.807) is 37.1 Å². The Bertz CT molecular complexity index is 1200. The normalized spacial score (nSPS) is 11.1. The third-order valence-electron chi connectivity index (χ3n) is 4.57. The van der Waals surface area contributed by atoms with Gasteiger partial charge in [-0.2, -0.15) is 5.10 Å². The largest absolute Gasteiger partial charge is 0.391 e. The lowest BCUT2D eigenvalue weighted by Gasteiger charge is -2.04. The van der Waals surface area contributed by atoms with Crippen molar-refractivity contribution in [3.63, 3.8) is 0 Å². The second-order valence-corrected chi connectivity index (χ2v) is 6.88. The molecule has 3 aromatic carbocycles. The average molecular weight is 423 g/mol. The van der Waals surface area contributed by atoms with Gasteiger partial charge in [0.05, 0.1) is 18.8 Å². The van der Waals surface area contributed by atoms with E-state index in [9.17, 15) is 4.79 Å². The number of imidazole rings is 1. The number of carbonyl (C=O) groups is 1. The van der Waals surface area contributed by atoms with Gasteiger partial charge in [-0.05, 0) is 47.0 Å². The molecule has 0 spiro atoms. The van der Waals surface area contributed by atoms with Crippen LogP contribution in [0, 0.1) is 0 Å². The monoisotopic (exact) mass is 423 g/mol. The Morgan fingerprint density at radius 3 is 2.50 bits per heavy atom. The molecule has 7 nitrogen and oxygen atoms in total. The van der Waals surface area contributed by atoms with Crippen LogP contribution in [0.1, 0.15) is 27.0 Å². The maximum absolute atomic E-state index is 12.3. The number of carbonyl (C=O) groups excluding carboxylic acids is 1. The number of hydrogen-bond donors (Lipinski definition) is 1. The minimum Gasteiger partial charge on any atom is -0.391 e. The number of amides is 1. The molecule has 32 heavy (non-hydrogen) atoms. The van der Waals surface area contributed by atoms with E-state index in [1.165, 1.54) is 0 Å². The summed E-state index contributed by atoms with van der Waals surface area (Å²) >= 11 is 0. The summed E-state index contributed by atoms with van der Waals surface area (Å²) in [6.07, 6.45) is 8.47. The molecule has 0 aliphatic rings. The number of nitrogens with one attached hydrogen (secondary N) is 1. The van der Waals surface area contributed by atoms with Crippen LogP contribution in [0.2, 0.25) is 0 Å². The highest BCUT2D eigenvalue weighted by Crippen LogP contribution is 2.09. The van der Waals surface area contributed by atoms with Crippen LogP contribution in [0.3, 0.4) is 0 Å². The van der Waals surface area contributed by atoms with Crippen molar-refractivity contribution in [1.29, 1.82) is 0 Å². The summed E-state index contributed by atoms with van der Waals surface area (Å²) in [6.45, 7) is 0.411. The van der Waals surface area contributed by atoms with Crippen LogP contribution in [0.15, 0.2) is 108 Å². The number of hydrazone groups is 1. The molecule has 0 aliphatic carbocycles. The Balaban J connectivity index is 1.29. The Labute approximate surface area is 185 Å². The first-order chi connectivity index (χ1) is 15.8. The summed E-state index contributed by atoms with van der Waals surface area (Å²) in [5.74, 6) is -0.287. The smallest absolute Gasteiger partial charge is 0.271 e. The van der Waals surface area contributed by atoms with Gasteiger partial charge in [0.1, 0.15) is 6.61 Å². The molecular formula is C25H21N5O2. The van der Waals surface area contributed by atoms with Crippen molar-refractivity contribution in [3.8, 4) is 5.69 Å². The molecule has 0 saturated carbocycles. The molecule has 4 rings (SSSR count). The molecule has 1 aromatic heterocycles. The van der Waals surface area contributed by atoms with E-state index in [0.717, 1.165) is 22.4 Å². The van der Waals surface area contributed by atoms with Crippen molar-refractivity contribution in [2.45, 2.75) is 6.61 Å². The van der Waals surface area contributed by atoms with E-state index in [4.69, 9.17) is 4.84 Å². The van der Waals surface area contributed by atoms with Crippen molar-refractivity contribution in [1.82, 2.24) is 15.0 Å². The molecule has 0 unspecified atom stereocenters. The number of benzene rings is 3. The predicted molar refractivity (Wildman–Crippen MR) is 124 cm³/mol. The van der Waals surface area contributed by atoms with E-state index in [0.29, 0.717) is 12.2 Å². The lowest BCUT2D eigenvalue weighted by Crippen LogP contribution is -2.17. The van der Waals surface area contributed by atoms with Crippen LogP contribution in [0.5, 0.6) is 0 Å². The standard InChI is InChI=1S/C25H21N5O2/c31-25(23-9-11-24(12-10-23)30-14-13-26-19-30)29-27-16-21-7-4-8-22(15-21)17-28-32-18-20-5-2-1-3-6-20/h1-17,19H,18H2,(H,29,31)/b27-16+,28-17+. The quantitative estimate of drug-likeness (QED) is 0.341. The number of nitrogens with zero attached hydrogens (tertiary/aromatic N) is 4. The maximum atomic E-state index is 12.3. The second-order valence-electron chi connectivity index (χ2n) is 6.88. The number of rotatable bonds is 8. The van der Waals surface area contributed by atoms with E-state index in [-0.39, 0.29) is 5.91 Å². The first-order valence-electron chi connectivity index (χ1n) is 9.99. The van der Waals surface area contributed by atoms with Crippen LogP contribution in [0.4, 0.5) is 0 Å². The van der Waals surface area contributed by atoms with Crippen LogP contribution < -0.4 is 5.43 Å². The van der Waals surface area contributed by atoms with Gasteiger partial charge >= 0.3 is 0 Å². The molecule has 1 heterocycles. The predicted octanol–water partition coefficient (Wildman–Crippen LogP) is 4.19. The molecule has 4 aromatic rings. The van der Waals surface area contributed by atoms with Crippen LogP contribution >= 0.6 is 0 Å². The summed E-state index contributed by atoms with van der Waals surface area (Å²) < 4.78 is 1.86. The summed E-state index contributed by atoms with van der Waals surface area (Å²) in [4.78, 5) is 21.7. The zero-order valence-electron chi connectivity index (χ0n) is 17.2. The highest BCUT2D eigenvalue weighted by Gasteiger charge is 2.04. The fourth-order valence-corrected chi connectivity index (χ4v) is 2.93. The van der Waals surface area contributed by atoms with Gasteiger partial charge < -0.3 is 9.40 Å². The lowest BCUT2D eigenvalue weighted by molar-refractivity contribution is 0.0955. The fraction of sp³-hybridized carbons (Fsp3) is 0.0400. The maximum Gasteiger partial charge on any atom is 0.271 e. The van der Waals surface area contributed by atoms with E-state index >= 15 is 0 Å². The minimum atomic E-state index is -0.287. The van der Waals surface area contributed by atoms with Gasteiger partial charge in [0, 0.05) is 23.6 Å². The topological polar surface area (TPSA) is 80.9 Å². The van der Waals surface area contributed by atoms with Gasteiger partial charge in [0.15, 0.2) is 0 Å². The van der Waals surface area contributed by atoms with Gasteiger partial charge in [-0.15, -0.1) is 0 Å². The van der Waals surface area contributed by atoms with Gasteiger partial charge in [-0.25, -0.2) is 10.4 Å². The second kappa shape index (κ2) is 10.5. The Hall–Kier alpha value is -4.52. The third kappa shape index (κ3) is 5.76.